The molecule has 6 heteroatoms. The second-order valence-corrected chi connectivity index (χ2v) is 6.29. The maximum atomic E-state index is 11.2. The van der Waals surface area contributed by atoms with Crippen LogP contribution in [0.5, 0.6) is 5.75 Å². The van der Waals surface area contributed by atoms with E-state index in [2.05, 4.69) is 0 Å². The summed E-state index contributed by atoms with van der Waals surface area (Å²) in [6.07, 6.45) is 2.32. The largest absolute Gasteiger partial charge is 0.490 e. The normalized spacial score (nSPS) is 16.4. The summed E-state index contributed by atoms with van der Waals surface area (Å²) in [5.41, 5.74) is 0. The molecular formula is C9H10INO3S. The van der Waals surface area contributed by atoms with Crippen molar-refractivity contribution in [1.82, 2.24) is 0 Å². The van der Waals surface area contributed by atoms with Crippen LogP contribution >= 0.6 is 22.6 Å². The summed E-state index contributed by atoms with van der Waals surface area (Å²) in [5, 5.41) is 5.05. The predicted molar refractivity (Wildman–Crippen MR) is 64.2 cm³/mol. The molecule has 0 radical (unpaired) electrons. The van der Waals surface area contributed by atoms with Gasteiger partial charge in [0, 0.05) is 9.64 Å². The molecule has 0 atom stereocenters. The number of sulfonamides is 1. The van der Waals surface area contributed by atoms with Crippen molar-refractivity contribution in [2.24, 2.45) is 5.14 Å². The fraction of sp³-hybridized carbons (Fsp3) is 0.333. The van der Waals surface area contributed by atoms with Gasteiger partial charge in [-0.3, -0.25) is 0 Å². The average Bonchev–Trinajstić information content (AvgIpc) is 2.85. The lowest BCUT2D eigenvalue weighted by Gasteiger charge is -2.06. The van der Waals surface area contributed by atoms with Gasteiger partial charge in [-0.15, -0.1) is 0 Å². The van der Waals surface area contributed by atoms with Crippen LogP contribution in [0.25, 0.3) is 0 Å². The van der Waals surface area contributed by atoms with Crippen LogP contribution in [0.3, 0.4) is 0 Å². The fourth-order valence-electron chi connectivity index (χ4n) is 1.15. The molecule has 15 heavy (non-hydrogen) atoms. The van der Waals surface area contributed by atoms with Crippen molar-refractivity contribution in [2.75, 3.05) is 0 Å². The van der Waals surface area contributed by atoms with Crippen molar-refractivity contribution in [3.05, 3.63) is 21.8 Å². The molecule has 1 aliphatic rings. The van der Waals surface area contributed by atoms with Crippen molar-refractivity contribution < 1.29 is 13.2 Å². The van der Waals surface area contributed by atoms with Crippen LogP contribution < -0.4 is 9.88 Å². The molecule has 0 saturated heterocycles. The second-order valence-electron chi connectivity index (χ2n) is 3.48. The van der Waals surface area contributed by atoms with Crippen molar-refractivity contribution in [3.8, 4) is 5.75 Å². The number of hydrogen-bond acceptors (Lipinski definition) is 3. The Morgan fingerprint density at radius 2 is 2.00 bits per heavy atom. The van der Waals surface area contributed by atoms with E-state index in [0.717, 1.165) is 16.4 Å². The minimum Gasteiger partial charge on any atom is -0.490 e. The Bertz CT molecular complexity index is 482. The number of halogens is 1. The van der Waals surface area contributed by atoms with Gasteiger partial charge in [0.05, 0.1) is 11.0 Å². The molecule has 1 aromatic rings. The van der Waals surface area contributed by atoms with Crippen molar-refractivity contribution in [1.29, 1.82) is 0 Å². The molecule has 1 saturated carbocycles. The van der Waals surface area contributed by atoms with Gasteiger partial charge in [-0.05, 0) is 47.6 Å². The average molecular weight is 339 g/mol. The van der Waals surface area contributed by atoms with Gasteiger partial charge in [0.1, 0.15) is 5.75 Å². The molecule has 1 fully saturated rings. The van der Waals surface area contributed by atoms with Gasteiger partial charge < -0.3 is 4.74 Å². The van der Waals surface area contributed by atoms with Crippen LogP contribution in [0.4, 0.5) is 0 Å². The molecule has 2 rings (SSSR count). The Kier molecular flexibility index (Phi) is 2.91. The molecule has 0 bridgehead atoms. The van der Waals surface area contributed by atoms with Gasteiger partial charge in [-0.1, -0.05) is 0 Å². The number of ether oxygens (including phenoxy) is 1. The Labute approximate surface area is 102 Å². The van der Waals surface area contributed by atoms with E-state index in [1.54, 1.807) is 6.07 Å². The Hall–Kier alpha value is -0.340. The zero-order valence-corrected chi connectivity index (χ0v) is 10.8. The molecule has 0 heterocycles. The first-order chi connectivity index (χ1) is 6.95. The third-order valence-electron chi connectivity index (χ3n) is 2.00. The number of hydrogen-bond donors (Lipinski definition) is 1. The maximum Gasteiger partial charge on any atom is 0.238 e. The molecule has 0 unspecified atom stereocenters. The summed E-state index contributed by atoms with van der Waals surface area (Å²) in [6.45, 7) is 0. The minimum absolute atomic E-state index is 0.102. The Morgan fingerprint density at radius 1 is 1.33 bits per heavy atom. The number of benzene rings is 1. The highest BCUT2D eigenvalue weighted by molar-refractivity contribution is 14.1. The summed E-state index contributed by atoms with van der Waals surface area (Å²) in [7, 11) is -3.65. The van der Waals surface area contributed by atoms with Crippen molar-refractivity contribution in [3.63, 3.8) is 0 Å². The topological polar surface area (TPSA) is 69.4 Å². The van der Waals surface area contributed by atoms with Crippen molar-refractivity contribution in [2.45, 2.75) is 23.8 Å². The SMILES string of the molecule is NS(=O)(=O)c1cc(I)cc(OC2CC2)c1. The van der Waals surface area contributed by atoms with E-state index in [1.165, 1.54) is 12.1 Å². The molecule has 1 aromatic carbocycles. The maximum absolute atomic E-state index is 11.2. The molecule has 0 aliphatic heterocycles. The second kappa shape index (κ2) is 3.91. The number of rotatable bonds is 3. The van der Waals surface area contributed by atoms with Crippen LogP contribution in [0.15, 0.2) is 23.1 Å². The fourth-order valence-corrected chi connectivity index (χ4v) is 2.57. The number of nitrogens with two attached hydrogens (primary N) is 1. The van der Waals surface area contributed by atoms with E-state index >= 15 is 0 Å². The summed E-state index contributed by atoms with van der Waals surface area (Å²) >= 11 is 2.04. The first-order valence-corrected chi connectivity index (χ1v) is 7.08. The Balaban J connectivity index is 2.35. The molecule has 2 N–H and O–H groups in total. The summed E-state index contributed by atoms with van der Waals surface area (Å²) in [5.74, 6) is 0.577. The van der Waals surface area contributed by atoms with E-state index in [0.29, 0.717) is 5.75 Å². The molecule has 82 valence electrons. The van der Waals surface area contributed by atoms with E-state index in [9.17, 15) is 8.42 Å². The van der Waals surface area contributed by atoms with E-state index in [-0.39, 0.29) is 11.0 Å². The standard InChI is InChI=1S/C9H10INO3S/c10-6-3-8(14-7-1-2-7)5-9(4-6)15(11,12)13/h3-5,7H,1-2H2,(H2,11,12,13). The van der Waals surface area contributed by atoms with Crippen LogP contribution in [0, 0.1) is 3.57 Å². The van der Waals surface area contributed by atoms with Crippen LogP contribution in [-0.4, -0.2) is 14.5 Å². The third-order valence-corrected chi connectivity index (χ3v) is 3.52. The first-order valence-electron chi connectivity index (χ1n) is 4.45. The van der Waals surface area contributed by atoms with Gasteiger partial charge in [-0.25, -0.2) is 13.6 Å². The summed E-state index contributed by atoms with van der Waals surface area (Å²) in [4.78, 5) is 0.102. The third kappa shape index (κ3) is 3.05. The summed E-state index contributed by atoms with van der Waals surface area (Å²) < 4.78 is 28.6. The van der Waals surface area contributed by atoms with E-state index in [1.807, 2.05) is 22.6 Å². The van der Waals surface area contributed by atoms with Crippen LogP contribution in [0.2, 0.25) is 0 Å². The van der Waals surface area contributed by atoms with Crippen molar-refractivity contribution >= 4 is 32.6 Å². The predicted octanol–water partition coefficient (Wildman–Crippen LogP) is 1.48. The zero-order chi connectivity index (χ0) is 11.1. The lowest BCUT2D eigenvalue weighted by atomic mass is 10.3. The van der Waals surface area contributed by atoms with Gasteiger partial charge in [0.15, 0.2) is 0 Å². The summed E-state index contributed by atoms with van der Waals surface area (Å²) in [6, 6.07) is 4.79. The highest BCUT2D eigenvalue weighted by Crippen LogP contribution is 2.29. The van der Waals surface area contributed by atoms with Gasteiger partial charge in [0.25, 0.3) is 0 Å². The Morgan fingerprint density at radius 3 is 2.53 bits per heavy atom. The van der Waals surface area contributed by atoms with Crippen LogP contribution in [-0.2, 0) is 10.0 Å². The monoisotopic (exact) mass is 339 g/mol. The quantitative estimate of drug-likeness (QED) is 0.848. The minimum atomic E-state index is -3.65. The molecule has 4 nitrogen and oxygen atoms in total. The van der Waals surface area contributed by atoms with Gasteiger partial charge in [-0.2, -0.15) is 0 Å². The lowest BCUT2D eigenvalue weighted by Crippen LogP contribution is -2.12. The molecular weight excluding hydrogens is 329 g/mol. The molecule has 0 amide bonds. The molecule has 0 aromatic heterocycles. The van der Waals surface area contributed by atoms with Crippen LogP contribution in [0.1, 0.15) is 12.8 Å². The molecule has 1 aliphatic carbocycles. The smallest absolute Gasteiger partial charge is 0.238 e. The first kappa shape index (κ1) is 11.2. The van der Waals surface area contributed by atoms with Gasteiger partial charge in [0.2, 0.25) is 10.0 Å². The van der Waals surface area contributed by atoms with E-state index in [4.69, 9.17) is 9.88 Å². The highest BCUT2D eigenvalue weighted by atomic mass is 127. The highest BCUT2D eigenvalue weighted by Gasteiger charge is 2.24. The van der Waals surface area contributed by atoms with E-state index < -0.39 is 10.0 Å². The molecule has 0 spiro atoms. The van der Waals surface area contributed by atoms with Gasteiger partial charge >= 0.3 is 0 Å². The lowest BCUT2D eigenvalue weighted by molar-refractivity contribution is 0.302. The zero-order valence-electron chi connectivity index (χ0n) is 7.81. The number of primary sulfonamides is 1.